The minimum absolute atomic E-state index is 0.151. The van der Waals surface area contributed by atoms with Gasteiger partial charge in [0.1, 0.15) is 11.6 Å². The third kappa shape index (κ3) is 3.77. The van der Waals surface area contributed by atoms with Gasteiger partial charge in [-0.3, -0.25) is 4.79 Å². The highest BCUT2D eigenvalue weighted by Gasteiger charge is 2.08. The normalized spacial score (nSPS) is 10.3. The minimum Gasteiger partial charge on any atom is -0.465 e. The molecular formula is C13H14BrN3O2S. The predicted octanol–water partition coefficient (Wildman–Crippen LogP) is 3.25. The smallest absolute Gasteiger partial charge is 0.325 e. The number of hydrogen-bond donors (Lipinski definition) is 1. The zero-order valence-electron chi connectivity index (χ0n) is 11.1. The van der Waals surface area contributed by atoms with Crippen LogP contribution in [0.5, 0.6) is 0 Å². The van der Waals surface area contributed by atoms with Crippen LogP contribution in [0, 0.1) is 6.92 Å². The van der Waals surface area contributed by atoms with Gasteiger partial charge in [-0.1, -0.05) is 12.1 Å². The standard InChI is InChI=1S/C13H14BrN3O2S/c1-3-19-11(18)7-15-10-6-9(5-4-8(10)2)12-16-13(14)17-20-12/h4-6,15H,3,7H2,1-2H3. The van der Waals surface area contributed by atoms with Gasteiger partial charge in [-0.25, -0.2) is 4.98 Å². The van der Waals surface area contributed by atoms with E-state index in [1.165, 1.54) is 11.5 Å². The SMILES string of the molecule is CCOC(=O)CNc1cc(-c2nc(Br)ns2)ccc1C. The molecule has 0 aliphatic heterocycles. The number of anilines is 1. The summed E-state index contributed by atoms with van der Waals surface area (Å²) in [7, 11) is 0. The molecule has 0 fully saturated rings. The lowest BCUT2D eigenvalue weighted by Crippen LogP contribution is -2.17. The van der Waals surface area contributed by atoms with Crippen LogP contribution >= 0.6 is 27.5 Å². The average molecular weight is 356 g/mol. The van der Waals surface area contributed by atoms with Crippen molar-refractivity contribution in [3.63, 3.8) is 0 Å². The molecule has 1 N–H and O–H groups in total. The second-order valence-corrected chi connectivity index (χ2v) is 5.52. The summed E-state index contributed by atoms with van der Waals surface area (Å²) in [4.78, 5) is 15.7. The molecule has 0 atom stereocenters. The first-order valence-corrected chi connectivity index (χ1v) is 7.66. The second kappa shape index (κ2) is 6.81. The molecule has 2 aromatic rings. The number of esters is 1. The van der Waals surface area contributed by atoms with E-state index in [-0.39, 0.29) is 12.5 Å². The number of aromatic nitrogens is 2. The van der Waals surface area contributed by atoms with Crippen molar-refractivity contribution in [2.45, 2.75) is 13.8 Å². The molecule has 2 rings (SSSR count). The van der Waals surface area contributed by atoms with E-state index in [2.05, 4.69) is 30.6 Å². The van der Waals surface area contributed by atoms with Gasteiger partial charge in [-0.2, -0.15) is 4.37 Å². The summed E-state index contributed by atoms with van der Waals surface area (Å²) in [5.41, 5.74) is 2.91. The van der Waals surface area contributed by atoms with E-state index in [1.807, 2.05) is 25.1 Å². The van der Waals surface area contributed by atoms with Crippen molar-refractivity contribution in [1.82, 2.24) is 9.36 Å². The van der Waals surface area contributed by atoms with Crippen LogP contribution < -0.4 is 5.32 Å². The number of rotatable bonds is 5. The second-order valence-electron chi connectivity index (χ2n) is 4.06. The van der Waals surface area contributed by atoms with Crippen LogP contribution in [0.15, 0.2) is 22.9 Å². The molecule has 20 heavy (non-hydrogen) atoms. The first-order chi connectivity index (χ1) is 9.60. The van der Waals surface area contributed by atoms with Crippen LogP contribution in [0.25, 0.3) is 10.6 Å². The Balaban J connectivity index is 2.14. The maximum Gasteiger partial charge on any atom is 0.325 e. The first-order valence-electron chi connectivity index (χ1n) is 6.10. The molecule has 0 saturated carbocycles. The third-order valence-corrected chi connectivity index (χ3v) is 3.97. The summed E-state index contributed by atoms with van der Waals surface area (Å²) in [6.07, 6.45) is 0. The molecular weight excluding hydrogens is 342 g/mol. The fourth-order valence-corrected chi connectivity index (χ4v) is 2.72. The number of carbonyl (C=O) groups is 1. The molecule has 0 saturated heterocycles. The van der Waals surface area contributed by atoms with Gasteiger partial charge in [0.05, 0.1) is 6.61 Å². The Morgan fingerprint density at radius 2 is 2.30 bits per heavy atom. The molecule has 5 nitrogen and oxygen atoms in total. The van der Waals surface area contributed by atoms with Gasteiger partial charge < -0.3 is 10.1 Å². The number of halogens is 1. The number of benzene rings is 1. The molecule has 0 bridgehead atoms. The first kappa shape index (κ1) is 14.9. The summed E-state index contributed by atoms with van der Waals surface area (Å²) in [5.74, 6) is -0.268. The van der Waals surface area contributed by atoms with Crippen molar-refractivity contribution >= 4 is 39.1 Å². The van der Waals surface area contributed by atoms with Gasteiger partial charge in [0, 0.05) is 11.3 Å². The van der Waals surface area contributed by atoms with E-state index in [4.69, 9.17) is 4.74 Å². The molecule has 0 unspecified atom stereocenters. The van der Waals surface area contributed by atoms with Crippen molar-refractivity contribution in [1.29, 1.82) is 0 Å². The molecule has 106 valence electrons. The highest BCUT2D eigenvalue weighted by Crippen LogP contribution is 2.27. The number of carbonyl (C=O) groups excluding carboxylic acids is 1. The molecule has 1 aromatic heterocycles. The monoisotopic (exact) mass is 355 g/mol. The fraction of sp³-hybridized carbons (Fsp3) is 0.308. The third-order valence-electron chi connectivity index (χ3n) is 2.61. The highest BCUT2D eigenvalue weighted by molar-refractivity contribution is 9.10. The van der Waals surface area contributed by atoms with Gasteiger partial charge >= 0.3 is 5.97 Å². The lowest BCUT2D eigenvalue weighted by atomic mass is 10.1. The molecule has 0 aliphatic rings. The highest BCUT2D eigenvalue weighted by atomic mass is 79.9. The predicted molar refractivity (Wildman–Crippen MR) is 82.9 cm³/mol. The molecule has 0 aliphatic carbocycles. The molecule has 1 heterocycles. The topological polar surface area (TPSA) is 64.1 Å². The average Bonchev–Trinajstić information content (AvgIpc) is 2.85. The van der Waals surface area contributed by atoms with E-state index in [0.717, 1.165) is 21.8 Å². The maximum atomic E-state index is 11.4. The number of nitrogens with zero attached hydrogens (tertiary/aromatic N) is 2. The van der Waals surface area contributed by atoms with Gasteiger partial charge in [-0.15, -0.1) is 0 Å². The summed E-state index contributed by atoms with van der Waals surface area (Å²) >= 11 is 4.56. The molecule has 7 heteroatoms. The number of nitrogens with one attached hydrogen (secondary N) is 1. The van der Waals surface area contributed by atoms with E-state index in [1.54, 1.807) is 6.92 Å². The van der Waals surface area contributed by atoms with Crippen LogP contribution in [-0.4, -0.2) is 28.5 Å². The van der Waals surface area contributed by atoms with E-state index < -0.39 is 0 Å². The van der Waals surface area contributed by atoms with E-state index >= 15 is 0 Å². The zero-order valence-corrected chi connectivity index (χ0v) is 13.5. The Bertz CT molecular complexity index is 615. The van der Waals surface area contributed by atoms with Crippen molar-refractivity contribution in [3.8, 4) is 10.6 Å². The van der Waals surface area contributed by atoms with Crippen molar-refractivity contribution in [2.75, 3.05) is 18.5 Å². The summed E-state index contributed by atoms with van der Waals surface area (Å²) < 4.78 is 9.57. The Morgan fingerprint density at radius 3 is 2.95 bits per heavy atom. The Hall–Kier alpha value is -1.47. The van der Waals surface area contributed by atoms with E-state index in [0.29, 0.717) is 11.3 Å². The van der Waals surface area contributed by atoms with Gasteiger partial charge in [-0.05, 0) is 52.9 Å². The van der Waals surface area contributed by atoms with Crippen molar-refractivity contribution in [3.05, 3.63) is 28.5 Å². The molecule has 0 spiro atoms. The quantitative estimate of drug-likeness (QED) is 0.834. The largest absolute Gasteiger partial charge is 0.465 e. The van der Waals surface area contributed by atoms with Crippen LogP contribution in [0.3, 0.4) is 0 Å². The Labute approximate surface area is 129 Å². The minimum atomic E-state index is -0.268. The summed E-state index contributed by atoms with van der Waals surface area (Å²) in [6, 6.07) is 5.93. The summed E-state index contributed by atoms with van der Waals surface area (Å²) in [6.45, 7) is 4.31. The lowest BCUT2D eigenvalue weighted by Gasteiger charge is -2.10. The summed E-state index contributed by atoms with van der Waals surface area (Å²) in [5, 5.41) is 3.91. The fourth-order valence-electron chi connectivity index (χ4n) is 1.65. The lowest BCUT2D eigenvalue weighted by molar-refractivity contribution is -0.140. The Morgan fingerprint density at radius 1 is 1.50 bits per heavy atom. The number of aryl methyl sites for hydroxylation is 1. The van der Waals surface area contributed by atoms with Crippen molar-refractivity contribution < 1.29 is 9.53 Å². The maximum absolute atomic E-state index is 11.4. The van der Waals surface area contributed by atoms with Crippen LogP contribution in [0.1, 0.15) is 12.5 Å². The molecule has 1 aromatic carbocycles. The number of hydrogen-bond acceptors (Lipinski definition) is 6. The van der Waals surface area contributed by atoms with E-state index in [9.17, 15) is 4.79 Å². The van der Waals surface area contributed by atoms with Gasteiger partial charge in [0.15, 0.2) is 0 Å². The molecule has 0 amide bonds. The Kier molecular flexibility index (Phi) is 5.08. The van der Waals surface area contributed by atoms with Gasteiger partial charge in [0.25, 0.3) is 0 Å². The van der Waals surface area contributed by atoms with Crippen molar-refractivity contribution in [2.24, 2.45) is 0 Å². The van der Waals surface area contributed by atoms with Crippen LogP contribution in [0.4, 0.5) is 5.69 Å². The zero-order chi connectivity index (χ0) is 14.5. The number of ether oxygens (including phenoxy) is 1. The van der Waals surface area contributed by atoms with Gasteiger partial charge in [0.2, 0.25) is 4.73 Å². The van der Waals surface area contributed by atoms with Crippen LogP contribution in [0.2, 0.25) is 0 Å². The van der Waals surface area contributed by atoms with Crippen LogP contribution in [-0.2, 0) is 9.53 Å². The molecule has 0 radical (unpaired) electrons.